The fourth-order valence-electron chi connectivity index (χ4n) is 1.85. The van der Waals surface area contributed by atoms with Gasteiger partial charge in [0.15, 0.2) is 5.58 Å². The average Bonchev–Trinajstić information content (AvgIpc) is 2.75. The van der Waals surface area contributed by atoms with Gasteiger partial charge in [-0.2, -0.15) is 10.2 Å². The maximum Gasteiger partial charge on any atom is 0.191 e. The lowest BCUT2D eigenvalue weighted by molar-refractivity contribution is 0.423. The summed E-state index contributed by atoms with van der Waals surface area (Å²) < 4.78 is 5.13. The highest BCUT2D eigenvalue weighted by Gasteiger charge is 2.13. The van der Waals surface area contributed by atoms with Crippen LogP contribution in [-0.2, 0) is 0 Å². The highest BCUT2D eigenvalue weighted by atomic mass is 16.5. The molecule has 0 saturated heterocycles. The predicted octanol–water partition coefficient (Wildman–Crippen LogP) is 1.78. The normalized spacial score (nSPS) is 11.3. The fourth-order valence-corrected chi connectivity index (χ4v) is 1.85. The summed E-state index contributed by atoms with van der Waals surface area (Å²) in [5.41, 5.74) is 3.56. The summed E-state index contributed by atoms with van der Waals surface area (Å²) in [6, 6.07) is 0. The Balaban J connectivity index is 2.69. The van der Waals surface area contributed by atoms with Crippen molar-refractivity contribution in [3.63, 3.8) is 0 Å². The maximum atomic E-state index is 5.13. The number of aryl methyl sites for hydroxylation is 2. The van der Waals surface area contributed by atoms with E-state index in [4.69, 9.17) is 4.52 Å². The summed E-state index contributed by atoms with van der Waals surface area (Å²) in [4.78, 5) is 0. The second kappa shape index (κ2) is 2.73. The standard InChI is InChI=1S/C10H8N4O/c1-5-7-3-11-12-4-8(7)6(2)10-9(5)13-14-15-10/h3-4H,1-2H3. The van der Waals surface area contributed by atoms with Crippen LogP contribution in [0.5, 0.6) is 0 Å². The smallest absolute Gasteiger partial charge is 0.191 e. The number of nitrogens with zero attached hydrogens (tertiary/aromatic N) is 4. The zero-order chi connectivity index (χ0) is 10.4. The van der Waals surface area contributed by atoms with Crippen molar-refractivity contribution in [2.45, 2.75) is 13.8 Å². The molecular formula is C10H8N4O. The Labute approximate surface area is 85.1 Å². The van der Waals surface area contributed by atoms with Gasteiger partial charge in [0, 0.05) is 21.6 Å². The molecule has 74 valence electrons. The van der Waals surface area contributed by atoms with Crippen molar-refractivity contribution in [2.24, 2.45) is 0 Å². The molecule has 0 aliphatic rings. The fraction of sp³-hybridized carbons (Fsp3) is 0.200. The van der Waals surface area contributed by atoms with Gasteiger partial charge in [0.2, 0.25) is 0 Å². The van der Waals surface area contributed by atoms with E-state index in [1.807, 2.05) is 13.8 Å². The van der Waals surface area contributed by atoms with Crippen LogP contribution in [0.1, 0.15) is 11.1 Å². The molecule has 0 radical (unpaired) electrons. The lowest BCUT2D eigenvalue weighted by Gasteiger charge is -2.03. The molecule has 0 atom stereocenters. The van der Waals surface area contributed by atoms with Gasteiger partial charge in [-0.1, -0.05) is 0 Å². The number of benzene rings is 1. The summed E-state index contributed by atoms with van der Waals surface area (Å²) in [6.07, 6.45) is 3.48. The van der Waals surface area contributed by atoms with Crippen LogP contribution in [0.3, 0.4) is 0 Å². The van der Waals surface area contributed by atoms with Crippen LogP contribution in [0.2, 0.25) is 0 Å². The van der Waals surface area contributed by atoms with Crippen molar-refractivity contribution >= 4 is 21.9 Å². The maximum absolute atomic E-state index is 5.13. The number of hydrogen-bond acceptors (Lipinski definition) is 5. The zero-order valence-electron chi connectivity index (χ0n) is 8.35. The molecule has 0 fully saturated rings. The summed E-state index contributed by atoms with van der Waals surface area (Å²) in [6.45, 7) is 3.95. The van der Waals surface area contributed by atoms with Gasteiger partial charge in [-0.15, -0.1) is 5.10 Å². The number of aromatic nitrogens is 4. The van der Waals surface area contributed by atoms with Crippen molar-refractivity contribution in [3.05, 3.63) is 23.5 Å². The summed E-state index contributed by atoms with van der Waals surface area (Å²) in [5.74, 6) is 0. The van der Waals surface area contributed by atoms with Gasteiger partial charge in [-0.05, 0) is 19.4 Å². The molecule has 0 amide bonds. The molecule has 3 rings (SSSR count). The summed E-state index contributed by atoms with van der Waals surface area (Å²) >= 11 is 0. The summed E-state index contributed by atoms with van der Waals surface area (Å²) in [7, 11) is 0. The van der Waals surface area contributed by atoms with Crippen molar-refractivity contribution in [1.82, 2.24) is 20.6 Å². The van der Waals surface area contributed by atoms with E-state index >= 15 is 0 Å². The Morgan fingerprint density at radius 3 is 2.40 bits per heavy atom. The Morgan fingerprint density at radius 1 is 1.00 bits per heavy atom. The molecule has 2 heterocycles. The lowest BCUT2D eigenvalue weighted by Crippen LogP contribution is -1.89. The van der Waals surface area contributed by atoms with Crippen LogP contribution in [-0.4, -0.2) is 20.6 Å². The highest BCUT2D eigenvalue weighted by Crippen LogP contribution is 2.29. The van der Waals surface area contributed by atoms with Crippen LogP contribution in [0.4, 0.5) is 0 Å². The van der Waals surface area contributed by atoms with Crippen LogP contribution in [0, 0.1) is 13.8 Å². The van der Waals surface area contributed by atoms with Crippen LogP contribution >= 0.6 is 0 Å². The van der Waals surface area contributed by atoms with E-state index in [-0.39, 0.29) is 0 Å². The molecule has 1 aromatic carbocycles. The van der Waals surface area contributed by atoms with Crippen molar-refractivity contribution in [1.29, 1.82) is 0 Å². The van der Waals surface area contributed by atoms with Gasteiger partial charge in [0.1, 0.15) is 5.52 Å². The van der Waals surface area contributed by atoms with Crippen LogP contribution < -0.4 is 0 Å². The quantitative estimate of drug-likeness (QED) is 0.553. The van der Waals surface area contributed by atoms with E-state index in [0.29, 0.717) is 0 Å². The minimum atomic E-state index is 0.730. The van der Waals surface area contributed by atoms with Crippen molar-refractivity contribution in [3.8, 4) is 0 Å². The number of hydrogen-bond donors (Lipinski definition) is 0. The first-order valence-corrected chi connectivity index (χ1v) is 4.60. The highest BCUT2D eigenvalue weighted by molar-refractivity contribution is 6.00. The number of rotatable bonds is 0. The number of fused-ring (bicyclic) bond motifs is 2. The van der Waals surface area contributed by atoms with Gasteiger partial charge in [-0.3, -0.25) is 0 Å². The third-order valence-electron chi connectivity index (χ3n) is 2.72. The Kier molecular flexibility index (Phi) is 1.50. The molecule has 0 aliphatic heterocycles. The van der Waals surface area contributed by atoms with E-state index in [2.05, 4.69) is 20.6 Å². The molecule has 5 heteroatoms. The zero-order valence-corrected chi connectivity index (χ0v) is 8.35. The van der Waals surface area contributed by atoms with Crippen molar-refractivity contribution < 1.29 is 4.52 Å². The minimum Gasteiger partial charge on any atom is -0.337 e. The Bertz CT molecular complexity index is 603. The average molecular weight is 200 g/mol. The molecule has 0 bridgehead atoms. The first-order chi connectivity index (χ1) is 7.29. The molecular weight excluding hydrogens is 192 g/mol. The third kappa shape index (κ3) is 0.971. The van der Waals surface area contributed by atoms with Gasteiger partial charge in [0.25, 0.3) is 0 Å². The van der Waals surface area contributed by atoms with Crippen LogP contribution in [0.15, 0.2) is 16.9 Å². The third-order valence-corrected chi connectivity index (χ3v) is 2.72. The minimum absolute atomic E-state index is 0.730. The SMILES string of the molecule is Cc1c2cnncc2c(C)c2onnc12. The van der Waals surface area contributed by atoms with E-state index in [0.717, 1.165) is 33.0 Å². The Morgan fingerprint density at radius 2 is 1.67 bits per heavy atom. The molecule has 0 N–H and O–H groups in total. The van der Waals surface area contributed by atoms with Gasteiger partial charge in [0.05, 0.1) is 12.4 Å². The summed E-state index contributed by atoms with van der Waals surface area (Å²) in [5, 5.41) is 17.4. The monoisotopic (exact) mass is 200 g/mol. The molecule has 5 nitrogen and oxygen atoms in total. The molecule has 2 aromatic heterocycles. The second-order valence-electron chi connectivity index (χ2n) is 3.52. The van der Waals surface area contributed by atoms with Gasteiger partial charge < -0.3 is 4.52 Å². The topological polar surface area (TPSA) is 64.7 Å². The molecule has 0 spiro atoms. The molecule has 15 heavy (non-hydrogen) atoms. The van der Waals surface area contributed by atoms with Crippen LogP contribution in [0.25, 0.3) is 21.9 Å². The predicted molar refractivity (Wildman–Crippen MR) is 54.4 cm³/mol. The Hall–Kier alpha value is -2.04. The van der Waals surface area contributed by atoms with E-state index in [9.17, 15) is 0 Å². The van der Waals surface area contributed by atoms with E-state index < -0.39 is 0 Å². The molecule has 0 aliphatic carbocycles. The van der Waals surface area contributed by atoms with E-state index in [1.165, 1.54) is 0 Å². The molecule has 0 unspecified atom stereocenters. The van der Waals surface area contributed by atoms with Gasteiger partial charge >= 0.3 is 0 Å². The molecule has 0 saturated carbocycles. The largest absolute Gasteiger partial charge is 0.337 e. The van der Waals surface area contributed by atoms with Crippen molar-refractivity contribution in [2.75, 3.05) is 0 Å². The lowest BCUT2D eigenvalue weighted by atomic mass is 10.0. The van der Waals surface area contributed by atoms with Gasteiger partial charge in [-0.25, -0.2) is 0 Å². The second-order valence-corrected chi connectivity index (χ2v) is 3.52. The first kappa shape index (κ1) is 8.28. The molecule has 3 aromatic rings. The van der Waals surface area contributed by atoms with E-state index in [1.54, 1.807) is 12.4 Å². The first-order valence-electron chi connectivity index (χ1n) is 4.60.